The molecule has 0 aliphatic carbocycles. The molecule has 0 aliphatic heterocycles. The highest BCUT2D eigenvalue weighted by Crippen LogP contribution is 2.29. The van der Waals surface area contributed by atoms with Gasteiger partial charge in [0.15, 0.2) is 0 Å². The second kappa shape index (κ2) is 6.57. The summed E-state index contributed by atoms with van der Waals surface area (Å²) in [6.45, 7) is 4.46. The average molecular weight is 332 g/mol. The van der Waals surface area contributed by atoms with Crippen LogP contribution in [0, 0.1) is 35.3 Å². The third-order valence-corrected chi connectivity index (χ3v) is 4.04. The van der Waals surface area contributed by atoms with Crippen LogP contribution in [0.4, 0.5) is 11.4 Å². The van der Waals surface area contributed by atoms with Gasteiger partial charge in [-0.05, 0) is 31.0 Å². The van der Waals surface area contributed by atoms with Gasteiger partial charge in [0.2, 0.25) is 0 Å². The van der Waals surface area contributed by atoms with Crippen LogP contribution in [0.15, 0.2) is 42.6 Å². The fourth-order valence-corrected chi connectivity index (χ4v) is 2.86. The molecular formula is C19H16N4O2. The van der Waals surface area contributed by atoms with Crippen LogP contribution < -0.4 is 5.32 Å². The van der Waals surface area contributed by atoms with Crippen molar-refractivity contribution >= 4 is 22.3 Å². The number of benzene rings is 2. The maximum absolute atomic E-state index is 10.7. The van der Waals surface area contributed by atoms with E-state index in [0.717, 1.165) is 33.3 Å². The molecule has 0 bridgehead atoms. The number of nitro benzene ring substituents is 1. The van der Waals surface area contributed by atoms with Crippen molar-refractivity contribution in [2.24, 2.45) is 0 Å². The van der Waals surface area contributed by atoms with Crippen LogP contribution in [-0.4, -0.2) is 9.91 Å². The lowest BCUT2D eigenvalue weighted by Gasteiger charge is -2.13. The summed E-state index contributed by atoms with van der Waals surface area (Å²) < 4.78 is 0. The van der Waals surface area contributed by atoms with Crippen molar-refractivity contribution in [1.82, 2.24) is 4.98 Å². The van der Waals surface area contributed by atoms with Crippen molar-refractivity contribution in [3.8, 4) is 6.07 Å². The zero-order valence-corrected chi connectivity index (χ0v) is 13.9. The molecule has 1 aromatic heterocycles. The standard InChI is InChI=1S/C19H16N4O2/c1-12-7-13(2)18-17(8-12)19(15(9-20)11-22-18)21-10-14-3-5-16(6-4-14)23(24)25/h3-8,11H,10H2,1-2H3,(H,21,22). The molecule has 0 unspecified atom stereocenters. The first kappa shape index (κ1) is 16.4. The molecule has 0 fully saturated rings. The Labute approximate surface area is 144 Å². The van der Waals surface area contributed by atoms with E-state index in [2.05, 4.69) is 22.4 Å². The number of aromatic nitrogens is 1. The van der Waals surface area contributed by atoms with Gasteiger partial charge < -0.3 is 5.32 Å². The summed E-state index contributed by atoms with van der Waals surface area (Å²) in [6, 6.07) is 12.6. The Hall–Kier alpha value is -3.46. The highest BCUT2D eigenvalue weighted by atomic mass is 16.6. The van der Waals surface area contributed by atoms with Gasteiger partial charge in [-0.1, -0.05) is 23.8 Å². The number of nitrogens with one attached hydrogen (secondary N) is 1. The van der Waals surface area contributed by atoms with Crippen molar-refractivity contribution in [1.29, 1.82) is 5.26 Å². The van der Waals surface area contributed by atoms with Gasteiger partial charge in [-0.15, -0.1) is 0 Å². The second-order valence-corrected chi connectivity index (χ2v) is 5.91. The molecule has 0 radical (unpaired) electrons. The summed E-state index contributed by atoms with van der Waals surface area (Å²) in [6.07, 6.45) is 1.57. The number of nitriles is 1. The molecule has 3 rings (SSSR count). The number of anilines is 1. The lowest BCUT2D eigenvalue weighted by molar-refractivity contribution is -0.384. The number of pyridine rings is 1. The molecule has 0 spiro atoms. The number of hydrogen-bond donors (Lipinski definition) is 1. The minimum absolute atomic E-state index is 0.0575. The van der Waals surface area contributed by atoms with Crippen LogP contribution in [0.3, 0.4) is 0 Å². The number of fused-ring (bicyclic) bond motifs is 1. The highest BCUT2D eigenvalue weighted by molar-refractivity contribution is 5.96. The van der Waals surface area contributed by atoms with E-state index in [-0.39, 0.29) is 5.69 Å². The molecule has 124 valence electrons. The molecule has 0 atom stereocenters. The van der Waals surface area contributed by atoms with E-state index < -0.39 is 4.92 Å². The van der Waals surface area contributed by atoms with Gasteiger partial charge >= 0.3 is 0 Å². The zero-order valence-electron chi connectivity index (χ0n) is 13.9. The minimum atomic E-state index is -0.424. The van der Waals surface area contributed by atoms with Crippen molar-refractivity contribution in [3.63, 3.8) is 0 Å². The Morgan fingerprint density at radius 3 is 2.60 bits per heavy atom. The van der Waals surface area contributed by atoms with Crippen molar-refractivity contribution in [3.05, 3.63) is 75.0 Å². The van der Waals surface area contributed by atoms with Gasteiger partial charge in [0.25, 0.3) is 5.69 Å². The maximum Gasteiger partial charge on any atom is 0.269 e. The molecule has 3 aromatic rings. The summed E-state index contributed by atoms with van der Waals surface area (Å²) in [5.41, 5.74) is 5.16. The number of nitrogens with zero attached hydrogens (tertiary/aromatic N) is 3. The molecule has 1 N–H and O–H groups in total. The van der Waals surface area contributed by atoms with Crippen LogP contribution in [0.25, 0.3) is 10.9 Å². The fourth-order valence-electron chi connectivity index (χ4n) is 2.86. The molecule has 25 heavy (non-hydrogen) atoms. The molecule has 2 aromatic carbocycles. The van der Waals surface area contributed by atoms with Gasteiger partial charge in [0.05, 0.1) is 21.7 Å². The third-order valence-electron chi connectivity index (χ3n) is 4.04. The van der Waals surface area contributed by atoms with E-state index >= 15 is 0 Å². The van der Waals surface area contributed by atoms with Crippen LogP contribution >= 0.6 is 0 Å². The van der Waals surface area contributed by atoms with Crippen LogP contribution in [-0.2, 0) is 6.54 Å². The second-order valence-electron chi connectivity index (χ2n) is 5.91. The minimum Gasteiger partial charge on any atom is -0.379 e. The molecule has 1 heterocycles. The summed E-state index contributed by atoms with van der Waals surface area (Å²) in [5, 5.41) is 24.3. The number of non-ortho nitro benzene ring substituents is 1. The lowest BCUT2D eigenvalue weighted by atomic mass is 10.0. The summed E-state index contributed by atoms with van der Waals surface area (Å²) >= 11 is 0. The van der Waals surface area contributed by atoms with Gasteiger partial charge in [-0.25, -0.2) is 0 Å². The lowest BCUT2D eigenvalue weighted by Crippen LogP contribution is -2.04. The predicted octanol–water partition coefficient (Wildman–Crippen LogP) is 4.24. The Bertz CT molecular complexity index is 1000. The molecule has 6 nitrogen and oxygen atoms in total. The van der Waals surface area contributed by atoms with Crippen LogP contribution in [0.2, 0.25) is 0 Å². The summed E-state index contributed by atoms with van der Waals surface area (Å²) in [4.78, 5) is 14.7. The normalized spacial score (nSPS) is 10.4. The Balaban J connectivity index is 1.97. The number of nitro groups is 1. The molecular weight excluding hydrogens is 316 g/mol. The maximum atomic E-state index is 10.7. The van der Waals surface area contributed by atoms with E-state index in [1.165, 1.54) is 12.1 Å². The quantitative estimate of drug-likeness (QED) is 0.570. The first-order chi connectivity index (χ1) is 12.0. The Kier molecular flexibility index (Phi) is 4.31. The van der Waals surface area contributed by atoms with Crippen molar-refractivity contribution in [2.45, 2.75) is 20.4 Å². The smallest absolute Gasteiger partial charge is 0.269 e. The Morgan fingerprint density at radius 1 is 1.24 bits per heavy atom. The van der Waals surface area contributed by atoms with Gasteiger partial charge in [-0.2, -0.15) is 5.26 Å². The van der Waals surface area contributed by atoms with Crippen molar-refractivity contribution in [2.75, 3.05) is 5.32 Å². The fraction of sp³-hybridized carbons (Fsp3) is 0.158. The average Bonchev–Trinajstić information content (AvgIpc) is 2.59. The first-order valence-electron chi connectivity index (χ1n) is 7.77. The largest absolute Gasteiger partial charge is 0.379 e. The Morgan fingerprint density at radius 2 is 1.96 bits per heavy atom. The van der Waals surface area contributed by atoms with Gasteiger partial charge in [-0.3, -0.25) is 15.1 Å². The first-order valence-corrected chi connectivity index (χ1v) is 7.77. The highest BCUT2D eigenvalue weighted by Gasteiger charge is 2.11. The molecule has 0 aliphatic rings. The zero-order chi connectivity index (χ0) is 18.0. The topological polar surface area (TPSA) is 91.8 Å². The predicted molar refractivity (Wildman–Crippen MR) is 96.4 cm³/mol. The summed E-state index contributed by atoms with van der Waals surface area (Å²) in [7, 11) is 0. The third kappa shape index (κ3) is 3.26. The number of hydrogen-bond acceptors (Lipinski definition) is 5. The summed E-state index contributed by atoms with van der Waals surface area (Å²) in [5.74, 6) is 0. The van der Waals surface area contributed by atoms with Crippen molar-refractivity contribution < 1.29 is 4.92 Å². The number of aryl methyl sites for hydroxylation is 2. The molecule has 0 amide bonds. The monoisotopic (exact) mass is 332 g/mol. The number of rotatable bonds is 4. The van der Waals surface area contributed by atoms with Gasteiger partial charge in [0, 0.05) is 30.3 Å². The van der Waals surface area contributed by atoms with E-state index in [4.69, 9.17) is 0 Å². The van der Waals surface area contributed by atoms with Crippen LogP contribution in [0.5, 0.6) is 0 Å². The molecule has 6 heteroatoms. The van der Waals surface area contributed by atoms with E-state index in [1.54, 1.807) is 18.3 Å². The van der Waals surface area contributed by atoms with E-state index in [9.17, 15) is 15.4 Å². The van der Waals surface area contributed by atoms with Gasteiger partial charge in [0.1, 0.15) is 6.07 Å². The van der Waals surface area contributed by atoms with Crippen LogP contribution in [0.1, 0.15) is 22.3 Å². The molecule has 0 saturated carbocycles. The van der Waals surface area contributed by atoms with E-state index in [1.807, 2.05) is 19.9 Å². The SMILES string of the molecule is Cc1cc(C)c2ncc(C#N)c(NCc3ccc([N+](=O)[O-])cc3)c2c1. The van der Waals surface area contributed by atoms with E-state index in [0.29, 0.717) is 12.1 Å². The molecule has 0 saturated heterocycles.